The highest BCUT2D eigenvalue weighted by atomic mass is 32.2. The summed E-state index contributed by atoms with van der Waals surface area (Å²) in [6.45, 7) is 0.145. The molecule has 3 amide bonds. The van der Waals surface area contributed by atoms with E-state index in [-0.39, 0.29) is 18.5 Å². The molecule has 4 rings (SSSR count). The number of urea groups is 1. The van der Waals surface area contributed by atoms with Crippen molar-refractivity contribution in [3.63, 3.8) is 0 Å². The fraction of sp³-hybridized carbons (Fsp3) is 0.357. The van der Waals surface area contributed by atoms with Crippen LogP contribution in [-0.4, -0.2) is 38.9 Å². The van der Waals surface area contributed by atoms with Crippen molar-refractivity contribution in [2.24, 2.45) is 0 Å². The molecular formula is C14H13N3O3S2. The quantitative estimate of drug-likeness (QED) is 0.871. The second kappa shape index (κ2) is 5.13. The summed E-state index contributed by atoms with van der Waals surface area (Å²) in [7, 11) is 0. The van der Waals surface area contributed by atoms with Gasteiger partial charge in [0.05, 0.1) is 17.1 Å². The predicted octanol–water partition coefficient (Wildman–Crippen LogP) is 2.33. The Morgan fingerprint density at radius 3 is 3.09 bits per heavy atom. The normalized spacial score (nSPS) is 24.5. The Bertz CT molecular complexity index is 720. The third kappa shape index (κ3) is 2.14. The average Bonchev–Trinajstić information content (AvgIpc) is 3.25. The molecular weight excluding hydrogens is 322 g/mol. The second-order valence-corrected chi connectivity index (χ2v) is 7.38. The maximum atomic E-state index is 12.6. The fourth-order valence-electron chi connectivity index (χ4n) is 2.71. The van der Waals surface area contributed by atoms with Gasteiger partial charge in [-0.25, -0.2) is 9.78 Å². The Labute approximate surface area is 134 Å². The lowest BCUT2D eigenvalue weighted by atomic mass is 9.99. The smallest absolute Gasteiger partial charge is 0.325 e. The van der Waals surface area contributed by atoms with E-state index >= 15 is 0 Å². The minimum atomic E-state index is -0.706. The first-order chi connectivity index (χ1) is 10.7. The summed E-state index contributed by atoms with van der Waals surface area (Å²) in [5, 5.41) is 4.79. The van der Waals surface area contributed by atoms with Crippen LogP contribution in [0.4, 0.5) is 4.79 Å². The molecule has 4 heterocycles. The molecule has 2 fully saturated rings. The van der Waals surface area contributed by atoms with Gasteiger partial charge >= 0.3 is 6.03 Å². The van der Waals surface area contributed by atoms with Gasteiger partial charge in [0.25, 0.3) is 5.91 Å². The molecule has 1 atom stereocenters. The summed E-state index contributed by atoms with van der Waals surface area (Å²) in [6, 6.07) is 3.50. The Morgan fingerprint density at radius 2 is 2.36 bits per heavy atom. The number of thiophene rings is 1. The number of thioether (sulfide) groups is 1. The molecule has 22 heavy (non-hydrogen) atoms. The summed E-state index contributed by atoms with van der Waals surface area (Å²) in [4.78, 5) is 31.2. The number of aromatic nitrogens is 1. The number of imide groups is 1. The number of carbonyl (C=O) groups is 2. The fourth-order valence-corrected chi connectivity index (χ4v) is 4.69. The van der Waals surface area contributed by atoms with Crippen LogP contribution in [0.2, 0.25) is 0 Å². The topological polar surface area (TPSA) is 75.4 Å². The van der Waals surface area contributed by atoms with E-state index < -0.39 is 5.54 Å². The first-order valence-electron chi connectivity index (χ1n) is 6.88. The minimum absolute atomic E-state index is 0.145. The van der Waals surface area contributed by atoms with Gasteiger partial charge in [-0.05, 0) is 23.6 Å². The van der Waals surface area contributed by atoms with E-state index in [1.54, 1.807) is 11.8 Å². The summed E-state index contributed by atoms with van der Waals surface area (Å²) in [5.41, 5.74) is -0.128. The largest absolute Gasteiger partial charge is 0.443 e. The number of rotatable bonds is 3. The Kier molecular flexibility index (Phi) is 3.23. The van der Waals surface area contributed by atoms with Gasteiger partial charge in [-0.2, -0.15) is 11.8 Å². The number of hydrogen-bond acceptors (Lipinski definition) is 6. The highest BCUT2D eigenvalue weighted by Gasteiger charge is 2.52. The van der Waals surface area contributed by atoms with Crippen LogP contribution in [0.1, 0.15) is 12.1 Å². The summed E-state index contributed by atoms with van der Waals surface area (Å²) in [5.74, 6) is 1.91. The first-order valence-corrected chi connectivity index (χ1v) is 8.91. The van der Waals surface area contributed by atoms with E-state index in [0.29, 0.717) is 23.8 Å². The van der Waals surface area contributed by atoms with Crippen molar-refractivity contribution in [1.29, 1.82) is 0 Å². The van der Waals surface area contributed by atoms with Crippen molar-refractivity contribution in [2.45, 2.75) is 18.5 Å². The van der Waals surface area contributed by atoms with Crippen molar-refractivity contribution in [2.75, 3.05) is 11.5 Å². The Balaban J connectivity index is 1.54. The van der Waals surface area contributed by atoms with Gasteiger partial charge in [-0.1, -0.05) is 6.07 Å². The first kappa shape index (κ1) is 13.8. The molecule has 0 radical (unpaired) electrons. The minimum Gasteiger partial charge on any atom is -0.443 e. The van der Waals surface area contributed by atoms with Crippen LogP contribution in [0.5, 0.6) is 0 Å². The van der Waals surface area contributed by atoms with Gasteiger partial charge in [-0.15, -0.1) is 11.3 Å². The summed E-state index contributed by atoms with van der Waals surface area (Å²) >= 11 is 3.22. The third-order valence-electron chi connectivity index (χ3n) is 3.87. The molecule has 6 nitrogen and oxygen atoms in total. The zero-order chi connectivity index (χ0) is 15.2. The lowest BCUT2D eigenvalue weighted by Crippen LogP contribution is -2.46. The second-order valence-electron chi connectivity index (χ2n) is 5.33. The molecule has 0 aliphatic carbocycles. The lowest BCUT2D eigenvalue weighted by Gasteiger charge is -2.18. The zero-order valence-corrected chi connectivity index (χ0v) is 13.2. The van der Waals surface area contributed by atoms with E-state index in [9.17, 15) is 9.59 Å². The highest BCUT2D eigenvalue weighted by Crippen LogP contribution is 2.34. The molecule has 114 valence electrons. The number of hydrogen-bond donors (Lipinski definition) is 1. The third-order valence-corrected chi connectivity index (χ3v) is 5.92. The number of amides is 3. The number of carbonyl (C=O) groups excluding carboxylic acids is 2. The van der Waals surface area contributed by atoms with Crippen molar-refractivity contribution in [3.05, 3.63) is 29.5 Å². The van der Waals surface area contributed by atoms with Gasteiger partial charge in [0.1, 0.15) is 11.8 Å². The van der Waals surface area contributed by atoms with Crippen LogP contribution in [0, 0.1) is 0 Å². The molecule has 0 aromatic carbocycles. The SMILES string of the molecule is O=C1NC2(CCSC2)C(=O)N1Cc1coc(-c2cccs2)n1. The van der Waals surface area contributed by atoms with Crippen LogP contribution >= 0.6 is 23.1 Å². The van der Waals surface area contributed by atoms with Gasteiger partial charge in [0.2, 0.25) is 5.89 Å². The van der Waals surface area contributed by atoms with Gasteiger partial charge < -0.3 is 9.73 Å². The standard InChI is InChI=1S/C14H13N3O3S2/c18-12-14(3-5-21-8-14)16-13(19)17(12)6-9-7-20-11(15-9)10-2-1-4-22-10/h1-2,4,7H,3,5-6,8H2,(H,16,19). The predicted molar refractivity (Wildman–Crippen MR) is 83.6 cm³/mol. The van der Waals surface area contributed by atoms with Crippen molar-refractivity contribution < 1.29 is 14.0 Å². The van der Waals surface area contributed by atoms with E-state index in [2.05, 4.69) is 10.3 Å². The van der Waals surface area contributed by atoms with Crippen molar-refractivity contribution in [1.82, 2.24) is 15.2 Å². The van der Waals surface area contributed by atoms with Crippen LogP contribution in [0.15, 0.2) is 28.2 Å². The molecule has 2 aliphatic heterocycles. The average molecular weight is 335 g/mol. The van der Waals surface area contributed by atoms with Crippen LogP contribution < -0.4 is 5.32 Å². The highest BCUT2D eigenvalue weighted by molar-refractivity contribution is 7.99. The molecule has 1 unspecified atom stereocenters. The molecule has 0 saturated carbocycles. The molecule has 2 saturated heterocycles. The zero-order valence-electron chi connectivity index (χ0n) is 11.6. The van der Waals surface area contributed by atoms with E-state index in [0.717, 1.165) is 10.6 Å². The van der Waals surface area contributed by atoms with Crippen LogP contribution in [-0.2, 0) is 11.3 Å². The maximum absolute atomic E-state index is 12.6. The van der Waals surface area contributed by atoms with E-state index in [1.165, 1.54) is 22.5 Å². The van der Waals surface area contributed by atoms with Crippen molar-refractivity contribution in [3.8, 4) is 10.8 Å². The number of nitrogens with one attached hydrogen (secondary N) is 1. The molecule has 8 heteroatoms. The van der Waals surface area contributed by atoms with Gasteiger partial charge in [0.15, 0.2) is 0 Å². The summed E-state index contributed by atoms with van der Waals surface area (Å²) in [6.07, 6.45) is 2.20. The van der Waals surface area contributed by atoms with E-state index in [1.807, 2.05) is 17.5 Å². The van der Waals surface area contributed by atoms with Gasteiger partial charge in [-0.3, -0.25) is 9.69 Å². The lowest BCUT2D eigenvalue weighted by molar-refractivity contribution is -0.130. The Hall–Kier alpha value is -1.80. The van der Waals surface area contributed by atoms with E-state index in [4.69, 9.17) is 4.42 Å². The van der Waals surface area contributed by atoms with Gasteiger partial charge in [0, 0.05) is 5.75 Å². The molecule has 2 aromatic heterocycles. The Morgan fingerprint density at radius 1 is 1.45 bits per heavy atom. The monoisotopic (exact) mass is 335 g/mol. The molecule has 0 bridgehead atoms. The number of nitrogens with zero attached hydrogens (tertiary/aromatic N) is 2. The molecule has 2 aliphatic rings. The van der Waals surface area contributed by atoms with Crippen LogP contribution in [0.25, 0.3) is 10.8 Å². The van der Waals surface area contributed by atoms with Crippen molar-refractivity contribution >= 4 is 35.0 Å². The summed E-state index contributed by atoms with van der Waals surface area (Å²) < 4.78 is 5.43. The van der Waals surface area contributed by atoms with Crippen LogP contribution in [0.3, 0.4) is 0 Å². The molecule has 1 N–H and O–H groups in total. The maximum Gasteiger partial charge on any atom is 0.325 e. The number of oxazole rings is 1. The molecule has 2 aromatic rings. The molecule has 1 spiro atoms.